The maximum Gasteiger partial charge on any atom is 0.318 e. The van der Waals surface area contributed by atoms with E-state index in [9.17, 15) is 5.21 Å². The fraction of sp³-hybridized carbons (Fsp3) is 0.429. The summed E-state index contributed by atoms with van der Waals surface area (Å²) in [5, 5.41) is 9.36. The summed E-state index contributed by atoms with van der Waals surface area (Å²) in [6.07, 6.45) is 9.74. The van der Waals surface area contributed by atoms with Crippen molar-refractivity contribution in [1.82, 2.24) is 19.5 Å². The lowest BCUT2D eigenvalue weighted by molar-refractivity contribution is -0.904. The number of pyridine rings is 1. The molecule has 0 spiro atoms. The molecule has 0 radical (unpaired) electrons. The largest absolute Gasteiger partial charge is 0.493 e. The average molecular weight is 505 g/mol. The van der Waals surface area contributed by atoms with Crippen molar-refractivity contribution >= 4 is 11.2 Å². The van der Waals surface area contributed by atoms with Gasteiger partial charge in [-0.3, -0.25) is 5.21 Å². The summed E-state index contributed by atoms with van der Waals surface area (Å²) in [7, 11) is 1.68. The van der Waals surface area contributed by atoms with Crippen molar-refractivity contribution < 1.29 is 24.1 Å². The van der Waals surface area contributed by atoms with Crippen LogP contribution in [0.25, 0.3) is 11.2 Å². The first-order valence-corrected chi connectivity index (χ1v) is 12.9. The van der Waals surface area contributed by atoms with Crippen LogP contribution in [-0.2, 0) is 13.0 Å². The minimum absolute atomic E-state index is 0.253. The molecule has 0 bridgehead atoms. The zero-order chi connectivity index (χ0) is 25.8. The number of aryl methyl sites for hydroxylation is 3. The van der Waals surface area contributed by atoms with Crippen LogP contribution in [-0.4, -0.2) is 44.5 Å². The molecule has 5 rings (SSSR count). The molecule has 1 saturated carbocycles. The fourth-order valence-electron chi connectivity index (χ4n) is 4.81. The highest BCUT2D eigenvalue weighted by atomic mass is 16.5. The fourth-order valence-corrected chi connectivity index (χ4v) is 4.81. The van der Waals surface area contributed by atoms with Crippen molar-refractivity contribution in [2.45, 2.75) is 65.0 Å². The van der Waals surface area contributed by atoms with E-state index in [2.05, 4.69) is 21.7 Å². The third kappa shape index (κ3) is 5.76. The Morgan fingerprint density at radius 1 is 1.00 bits per heavy atom. The van der Waals surface area contributed by atoms with Gasteiger partial charge in [0.25, 0.3) is 0 Å². The summed E-state index contributed by atoms with van der Waals surface area (Å²) in [5.41, 5.74) is 4.54. The van der Waals surface area contributed by atoms with Crippen LogP contribution < -0.4 is 18.9 Å². The Balaban J connectivity index is 1.32. The van der Waals surface area contributed by atoms with Gasteiger partial charge in [0.05, 0.1) is 32.1 Å². The standard InChI is InChI=1S/C28H34N5O4/c1-19-26-27(31-28(29-19)36-16-6-7-21-12-14-32(34)15-13-21)33(20(2)30-26)18-22-10-11-24(35-3)25(17-22)37-23-8-4-5-9-23/h10-15,17,23,34H,4-9,16,18H2,1-3H3/q+1. The average Bonchev–Trinajstić information content (AvgIpc) is 3.51. The van der Waals surface area contributed by atoms with Gasteiger partial charge >= 0.3 is 6.01 Å². The number of rotatable bonds is 10. The number of imidazole rings is 1. The number of fused-ring (bicyclic) bond motifs is 1. The van der Waals surface area contributed by atoms with Crippen molar-refractivity contribution in [3.63, 3.8) is 0 Å². The van der Waals surface area contributed by atoms with Gasteiger partial charge in [0, 0.05) is 16.9 Å². The second-order valence-corrected chi connectivity index (χ2v) is 9.56. The van der Waals surface area contributed by atoms with Crippen LogP contribution in [0.4, 0.5) is 0 Å². The van der Waals surface area contributed by atoms with Gasteiger partial charge in [-0.1, -0.05) is 6.07 Å². The Morgan fingerprint density at radius 2 is 1.78 bits per heavy atom. The molecule has 0 unspecified atom stereocenters. The molecule has 194 valence electrons. The molecule has 37 heavy (non-hydrogen) atoms. The molecule has 9 heteroatoms. The number of hydrogen-bond donors (Lipinski definition) is 1. The zero-order valence-corrected chi connectivity index (χ0v) is 21.7. The van der Waals surface area contributed by atoms with E-state index in [1.165, 1.54) is 12.8 Å². The maximum atomic E-state index is 9.36. The van der Waals surface area contributed by atoms with Gasteiger partial charge in [-0.15, -0.1) is 0 Å². The van der Waals surface area contributed by atoms with Crippen molar-refractivity contribution in [3.05, 3.63) is 65.4 Å². The molecule has 1 N–H and O–H groups in total. The van der Waals surface area contributed by atoms with Crippen molar-refractivity contribution in [2.24, 2.45) is 0 Å². The van der Waals surface area contributed by atoms with E-state index < -0.39 is 0 Å². The molecule has 1 aromatic carbocycles. The van der Waals surface area contributed by atoms with Gasteiger partial charge in [-0.25, -0.2) is 4.98 Å². The molecule has 3 heterocycles. The Labute approximate surface area is 216 Å². The molecule has 0 atom stereocenters. The quantitative estimate of drug-likeness (QED) is 0.195. The van der Waals surface area contributed by atoms with E-state index in [4.69, 9.17) is 24.2 Å². The first-order chi connectivity index (χ1) is 18.0. The lowest BCUT2D eigenvalue weighted by Crippen LogP contribution is -2.28. The van der Waals surface area contributed by atoms with Crippen LogP contribution in [0, 0.1) is 13.8 Å². The van der Waals surface area contributed by atoms with Crippen LogP contribution in [0.3, 0.4) is 0 Å². The van der Waals surface area contributed by atoms with E-state index in [0.29, 0.717) is 19.2 Å². The number of benzene rings is 1. The maximum absolute atomic E-state index is 9.36. The Morgan fingerprint density at radius 3 is 2.54 bits per heavy atom. The van der Waals surface area contributed by atoms with Crippen molar-refractivity contribution in [1.29, 1.82) is 0 Å². The lowest BCUT2D eigenvalue weighted by atomic mass is 10.1. The van der Waals surface area contributed by atoms with Crippen LogP contribution in [0.1, 0.15) is 54.7 Å². The van der Waals surface area contributed by atoms with Gasteiger partial charge in [-0.05, 0) is 75.6 Å². The van der Waals surface area contributed by atoms with Crippen molar-refractivity contribution in [3.8, 4) is 17.5 Å². The minimum atomic E-state index is 0.253. The van der Waals surface area contributed by atoms with Crippen LogP contribution in [0.5, 0.6) is 17.5 Å². The molecule has 1 aliphatic carbocycles. The summed E-state index contributed by atoms with van der Waals surface area (Å²) < 4.78 is 20.9. The Kier molecular flexibility index (Phi) is 7.39. The number of hydrogen-bond acceptors (Lipinski definition) is 7. The number of aromatic nitrogens is 5. The summed E-state index contributed by atoms with van der Waals surface area (Å²) in [5.74, 6) is 2.41. The van der Waals surface area contributed by atoms with Crippen molar-refractivity contribution in [2.75, 3.05) is 13.7 Å². The van der Waals surface area contributed by atoms with Crippen LogP contribution in [0.15, 0.2) is 42.7 Å². The molecule has 0 amide bonds. The summed E-state index contributed by atoms with van der Waals surface area (Å²) in [4.78, 5) is 14.0. The van der Waals surface area contributed by atoms with E-state index in [1.807, 2.05) is 32.0 Å². The molecule has 3 aromatic heterocycles. The predicted molar refractivity (Wildman–Crippen MR) is 137 cm³/mol. The Bertz CT molecular complexity index is 1360. The number of nitrogens with zero attached hydrogens (tertiary/aromatic N) is 5. The summed E-state index contributed by atoms with van der Waals surface area (Å²) >= 11 is 0. The van der Waals surface area contributed by atoms with E-state index in [0.717, 1.165) is 75.7 Å². The van der Waals surface area contributed by atoms with Gasteiger partial charge < -0.3 is 18.8 Å². The first-order valence-electron chi connectivity index (χ1n) is 12.9. The third-order valence-electron chi connectivity index (χ3n) is 6.83. The molecule has 1 aliphatic rings. The molecule has 0 saturated heterocycles. The number of ether oxygens (including phenoxy) is 3. The first kappa shape index (κ1) is 24.8. The van der Waals surface area contributed by atoms with E-state index in [-0.39, 0.29) is 6.10 Å². The summed E-state index contributed by atoms with van der Waals surface area (Å²) in [6.45, 7) is 5.01. The van der Waals surface area contributed by atoms with Gasteiger partial charge in [0.1, 0.15) is 11.3 Å². The number of methoxy groups -OCH3 is 1. The highest BCUT2D eigenvalue weighted by molar-refractivity contribution is 5.74. The smallest absolute Gasteiger partial charge is 0.318 e. The van der Waals surface area contributed by atoms with E-state index in [1.54, 1.807) is 19.5 Å². The Hall–Kier alpha value is -3.88. The van der Waals surface area contributed by atoms with Gasteiger partial charge in [0.2, 0.25) is 12.4 Å². The highest BCUT2D eigenvalue weighted by Crippen LogP contribution is 2.33. The van der Waals surface area contributed by atoms with Gasteiger partial charge in [-0.2, -0.15) is 9.97 Å². The normalized spacial score (nSPS) is 13.8. The lowest BCUT2D eigenvalue weighted by Gasteiger charge is -2.17. The monoisotopic (exact) mass is 504 g/mol. The topological polar surface area (TPSA) is 95.4 Å². The molecular weight excluding hydrogens is 470 g/mol. The highest BCUT2D eigenvalue weighted by Gasteiger charge is 2.20. The summed E-state index contributed by atoms with van der Waals surface area (Å²) in [6, 6.07) is 10.2. The molecule has 4 aromatic rings. The second-order valence-electron chi connectivity index (χ2n) is 9.56. The molecule has 0 aliphatic heterocycles. The molecular formula is C28H34N5O4+. The van der Waals surface area contributed by atoms with Gasteiger partial charge in [0.15, 0.2) is 17.1 Å². The second kappa shape index (κ2) is 11.0. The minimum Gasteiger partial charge on any atom is -0.493 e. The molecule has 9 nitrogen and oxygen atoms in total. The zero-order valence-electron chi connectivity index (χ0n) is 21.7. The van der Waals surface area contributed by atoms with E-state index >= 15 is 0 Å². The van der Waals surface area contributed by atoms with Crippen LogP contribution >= 0.6 is 0 Å². The molecule has 1 fully saturated rings. The SMILES string of the molecule is COc1ccc(Cn2c(C)nc3c(C)nc(OCCCc4cc[n+](O)cc4)nc32)cc1OC1CCCC1. The van der Waals surface area contributed by atoms with Crippen LogP contribution in [0.2, 0.25) is 0 Å². The third-order valence-corrected chi connectivity index (χ3v) is 6.83. The predicted octanol–water partition coefficient (Wildman–Crippen LogP) is 4.36.